The zero-order valence-electron chi connectivity index (χ0n) is 5.78. The van der Waals surface area contributed by atoms with E-state index in [1.165, 1.54) is 0 Å². The molecule has 0 bridgehead atoms. The van der Waals surface area contributed by atoms with Crippen LogP contribution in [-0.4, -0.2) is 4.98 Å². The maximum Gasteiger partial charge on any atom is 1.00 e. The Bertz CT molecular complexity index is 286. The third-order valence-electron chi connectivity index (χ3n) is 1.30. The fourth-order valence-corrected chi connectivity index (χ4v) is 0.843. The van der Waals surface area contributed by atoms with Crippen molar-refractivity contribution in [2.75, 3.05) is 0 Å². The van der Waals surface area contributed by atoms with Crippen molar-refractivity contribution in [3.8, 4) is 0 Å². The topological polar surface area (TPSA) is 27.0 Å². The predicted octanol–water partition coefficient (Wildman–Crippen LogP) is -1.80. The van der Waals surface area contributed by atoms with Crippen LogP contribution in [0.4, 0.5) is 0 Å². The molecule has 0 aliphatic carbocycles. The SMILES string of the molecule is [Li+].c1cc2[n-]ccc2cn1. The Balaban J connectivity index is 0.000000500. The van der Waals surface area contributed by atoms with Crippen molar-refractivity contribution in [2.45, 2.75) is 0 Å². The molecule has 2 aromatic rings. The average molecular weight is 124 g/mol. The summed E-state index contributed by atoms with van der Waals surface area (Å²) in [5, 5.41) is 1.11. The van der Waals surface area contributed by atoms with Crippen LogP contribution < -0.4 is 23.8 Å². The zero-order chi connectivity index (χ0) is 6.10. The van der Waals surface area contributed by atoms with E-state index in [1.54, 1.807) is 12.4 Å². The molecule has 10 heavy (non-hydrogen) atoms. The summed E-state index contributed by atoms with van der Waals surface area (Å²) in [7, 11) is 0. The minimum absolute atomic E-state index is 0. The first-order chi connectivity index (χ1) is 4.47. The second-order valence-electron chi connectivity index (χ2n) is 1.88. The number of pyridine rings is 1. The van der Waals surface area contributed by atoms with Crippen molar-refractivity contribution in [3.63, 3.8) is 0 Å². The van der Waals surface area contributed by atoms with Gasteiger partial charge in [0.05, 0.1) is 0 Å². The molecule has 0 saturated carbocycles. The molecule has 0 unspecified atom stereocenters. The van der Waals surface area contributed by atoms with Crippen LogP contribution in [-0.2, 0) is 0 Å². The number of nitrogens with zero attached hydrogens (tertiary/aromatic N) is 2. The number of aromatic nitrogens is 2. The predicted molar refractivity (Wildman–Crippen MR) is 35.1 cm³/mol. The smallest absolute Gasteiger partial charge is 0.664 e. The Kier molecular flexibility index (Phi) is 2.16. The summed E-state index contributed by atoms with van der Waals surface area (Å²) in [6, 6.07) is 3.84. The van der Waals surface area contributed by atoms with Crippen molar-refractivity contribution in [1.29, 1.82) is 0 Å². The Labute approximate surface area is 70.8 Å². The van der Waals surface area contributed by atoms with Crippen LogP contribution in [0.1, 0.15) is 0 Å². The van der Waals surface area contributed by atoms with Gasteiger partial charge in [0.2, 0.25) is 0 Å². The van der Waals surface area contributed by atoms with E-state index in [1.807, 2.05) is 18.3 Å². The van der Waals surface area contributed by atoms with Gasteiger partial charge in [-0.25, -0.2) is 0 Å². The first-order valence-corrected chi connectivity index (χ1v) is 2.78. The monoisotopic (exact) mass is 124 g/mol. The molecule has 44 valence electrons. The second kappa shape index (κ2) is 2.92. The molecular formula is C7H5LiN2. The summed E-state index contributed by atoms with van der Waals surface area (Å²) in [5.74, 6) is 0. The molecule has 0 N–H and O–H groups in total. The van der Waals surface area contributed by atoms with Gasteiger partial charge in [-0.2, -0.15) is 6.20 Å². The minimum atomic E-state index is 0. The minimum Gasteiger partial charge on any atom is -0.664 e. The second-order valence-corrected chi connectivity index (χ2v) is 1.88. The Morgan fingerprint density at radius 2 is 2.20 bits per heavy atom. The van der Waals surface area contributed by atoms with Gasteiger partial charge < -0.3 is 4.98 Å². The molecule has 2 nitrogen and oxygen atoms in total. The van der Waals surface area contributed by atoms with E-state index in [9.17, 15) is 0 Å². The molecule has 0 aliphatic rings. The summed E-state index contributed by atoms with van der Waals surface area (Å²) in [5.41, 5.74) is 1.02. The van der Waals surface area contributed by atoms with Gasteiger partial charge in [0.1, 0.15) is 0 Å². The van der Waals surface area contributed by atoms with Crippen molar-refractivity contribution >= 4 is 10.9 Å². The summed E-state index contributed by atoms with van der Waals surface area (Å²) in [6.45, 7) is 0. The van der Waals surface area contributed by atoms with E-state index < -0.39 is 0 Å². The van der Waals surface area contributed by atoms with Crippen molar-refractivity contribution < 1.29 is 18.9 Å². The van der Waals surface area contributed by atoms with E-state index in [0.29, 0.717) is 0 Å². The van der Waals surface area contributed by atoms with Gasteiger partial charge in [-0.1, -0.05) is 12.1 Å². The Morgan fingerprint density at radius 3 is 3.00 bits per heavy atom. The molecule has 2 rings (SSSR count). The fourth-order valence-electron chi connectivity index (χ4n) is 0.843. The fraction of sp³-hybridized carbons (Fsp3) is 0. The van der Waals surface area contributed by atoms with E-state index in [-0.39, 0.29) is 18.9 Å². The number of fused-ring (bicyclic) bond motifs is 1. The van der Waals surface area contributed by atoms with Crippen LogP contribution in [0.25, 0.3) is 10.9 Å². The molecule has 0 atom stereocenters. The number of hydrogen-bond donors (Lipinski definition) is 0. The van der Waals surface area contributed by atoms with Gasteiger partial charge >= 0.3 is 18.9 Å². The third kappa shape index (κ3) is 1.09. The first-order valence-electron chi connectivity index (χ1n) is 2.78. The molecule has 0 aliphatic heterocycles. The zero-order valence-corrected chi connectivity index (χ0v) is 5.78. The summed E-state index contributed by atoms with van der Waals surface area (Å²) in [6.07, 6.45) is 5.34. The van der Waals surface area contributed by atoms with Gasteiger partial charge in [-0.15, -0.1) is 5.52 Å². The van der Waals surface area contributed by atoms with Gasteiger partial charge in [0.15, 0.2) is 0 Å². The van der Waals surface area contributed by atoms with Crippen LogP contribution in [0.5, 0.6) is 0 Å². The van der Waals surface area contributed by atoms with E-state index in [0.717, 1.165) is 10.9 Å². The van der Waals surface area contributed by atoms with Crippen LogP contribution in [0.15, 0.2) is 30.7 Å². The molecular weight excluding hydrogens is 119 g/mol. The third-order valence-corrected chi connectivity index (χ3v) is 1.30. The molecule has 2 aromatic heterocycles. The van der Waals surface area contributed by atoms with E-state index in [2.05, 4.69) is 9.97 Å². The van der Waals surface area contributed by atoms with E-state index >= 15 is 0 Å². The first kappa shape index (κ1) is 7.40. The molecule has 0 saturated heterocycles. The molecule has 0 amide bonds. The van der Waals surface area contributed by atoms with Crippen LogP contribution >= 0.6 is 0 Å². The van der Waals surface area contributed by atoms with Gasteiger partial charge in [0, 0.05) is 12.4 Å². The van der Waals surface area contributed by atoms with Crippen molar-refractivity contribution in [3.05, 3.63) is 30.7 Å². The quantitative estimate of drug-likeness (QED) is 0.387. The van der Waals surface area contributed by atoms with Crippen LogP contribution in [0.3, 0.4) is 0 Å². The van der Waals surface area contributed by atoms with Crippen LogP contribution in [0, 0.1) is 0 Å². The van der Waals surface area contributed by atoms with Crippen molar-refractivity contribution in [2.24, 2.45) is 0 Å². The summed E-state index contributed by atoms with van der Waals surface area (Å²) in [4.78, 5) is 8.02. The van der Waals surface area contributed by atoms with E-state index in [4.69, 9.17) is 0 Å². The maximum absolute atomic E-state index is 4.08. The van der Waals surface area contributed by atoms with Gasteiger partial charge in [-0.3, -0.25) is 4.98 Å². The molecule has 0 fully saturated rings. The largest absolute Gasteiger partial charge is 1.00 e. The number of hydrogen-bond acceptors (Lipinski definition) is 1. The molecule has 0 spiro atoms. The maximum atomic E-state index is 4.08. The normalized spacial score (nSPS) is 9.20. The summed E-state index contributed by atoms with van der Waals surface area (Å²) < 4.78 is 0. The van der Waals surface area contributed by atoms with Gasteiger partial charge in [0.25, 0.3) is 0 Å². The Hall–Kier alpha value is -0.713. The summed E-state index contributed by atoms with van der Waals surface area (Å²) >= 11 is 0. The number of rotatable bonds is 0. The van der Waals surface area contributed by atoms with Crippen LogP contribution in [0.2, 0.25) is 0 Å². The van der Waals surface area contributed by atoms with Gasteiger partial charge in [-0.05, 0) is 5.39 Å². The molecule has 0 aromatic carbocycles. The average Bonchev–Trinajstić information content (AvgIpc) is 2.33. The van der Waals surface area contributed by atoms with Crippen molar-refractivity contribution in [1.82, 2.24) is 9.97 Å². The molecule has 2 heterocycles. The Morgan fingerprint density at radius 1 is 1.30 bits per heavy atom. The molecule has 0 radical (unpaired) electrons. The molecule has 3 heteroatoms. The standard InChI is InChI=1S/C7H5N2.Li/c1-4-9-7-2-3-8-5-6(1)7;/h1-5H;/q-1;+1.